The van der Waals surface area contributed by atoms with E-state index in [1.54, 1.807) is 13.8 Å². The van der Waals surface area contributed by atoms with E-state index in [-0.39, 0.29) is 12.2 Å². The molecule has 1 aromatic rings. The van der Waals surface area contributed by atoms with Gasteiger partial charge in [0.15, 0.2) is 5.69 Å². The molecule has 0 unspecified atom stereocenters. The lowest BCUT2D eigenvalue weighted by atomic mass is 10.4. The molecule has 22 heavy (non-hydrogen) atoms. The maximum absolute atomic E-state index is 11.9. The van der Waals surface area contributed by atoms with Crippen molar-refractivity contribution in [2.24, 2.45) is 0 Å². The number of nitrogens with one attached hydrogen (secondary N) is 1. The Labute approximate surface area is 133 Å². The van der Waals surface area contributed by atoms with E-state index in [9.17, 15) is 18.0 Å². The molecule has 0 aliphatic rings. The maximum atomic E-state index is 11.9. The standard InChI is InChI=1S/C12H19N3O5S2/c1-3-15(4-2)22(19,20)8-10(16)13-6-5-11-14-9(7-21-11)12(17)18/h7H,3-6,8H2,1-2H3,(H,13,16)(H,17,18). The minimum absolute atomic E-state index is 0.0320. The molecule has 0 radical (unpaired) electrons. The van der Waals surface area contributed by atoms with Crippen LogP contribution in [-0.4, -0.2) is 60.1 Å². The number of nitrogens with zero attached hydrogens (tertiary/aromatic N) is 2. The lowest BCUT2D eigenvalue weighted by molar-refractivity contribution is -0.118. The number of aromatic carboxylic acids is 1. The van der Waals surface area contributed by atoms with Crippen LogP contribution in [0, 0.1) is 0 Å². The molecule has 0 aromatic carbocycles. The Morgan fingerprint density at radius 1 is 1.36 bits per heavy atom. The minimum atomic E-state index is -3.59. The van der Waals surface area contributed by atoms with Crippen molar-refractivity contribution in [3.05, 3.63) is 16.1 Å². The number of rotatable bonds is 9. The number of amides is 1. The first-order valence-corrected chi connectivity index (χ1v) is 9.21. The molecule has 0 aliphatic heterocycles. The van der Waals surface area contributed by atoms with Gasteiger partial charge in [-0.2, -0.15) is 0 Å². The van der Waals surface area contributed by atoms with E-state index in [0.29, 0.717) is 24.5 Å². The molecule has 0 aliphatic carbocycles. The highest BCUT2D eigenvalue weighted by Gasteiger charge is 2.22. The van der Waals surface area contributed by atoms with Crippen molar-refractivity contribution in [1.82, 2.24) is 14.6 Å². The van der Waals surface area contributed by atoms with Crippen molar-refractivity contribution < 1.29 is 23.1 Å². The summed E-state index contributed by atoms with van der Waals surface area (Å²) in [5, 5.41) is 13.2. The van der Waals surface area contributed by atoms with Gasteiger partial charge in [0.2, 0.25) is 15.9 Å². The average Bonchev–Trinajstić information content (AvgIpc) is 2.88. The van der Waals surface area contributed by atoms with Gasteiger partial charge in [0, 0.05) is 31.4 Å². The summed E-state index contributed by atoms with van der Waals surface area (Å²) in [4.78, 5) is 26.2. The Morgan fingerprint density at radius 3 is 2.50 bits per heavy atom. The number of thiazole rings is 1. The van der Waals surface area contributed by atoms with Gasteiger partial charge in [0.1, 0.15) is 5.75 Å². The van der Waals surface area contributed by atoms with Crippen LogP contribution >= 0.6 is 11.3 Å². The molecule has 1 rings (SSSR count). The van der Waals surface area contributed by atoms with Crippen molar-refractivity contribution in [1.29, 1.82) is 0 Å². The molecular formula is C12H19N3O5S2. The number of hydrogen-bond acceptors (Lipinski definition) is 6. The maximum Gasteiger partial charge on any atom is 0.355 e. The lowest BCUT2D eigenvalue weighted by Gasteiger charge is -2.17. The van der Waals surface area contributed by atoms with Crippen molar-refractivity contribution in [2.45, 2.75) is 20.3 Å². The first-order chi connectivity index (χ1) is 10.3. The highest BCUT2D eigenvalue weighted by atomic mass is 32.2. The molecule has 1 heterocycles. The zero-order chi connectivity index (χ0) is 16.8. The monoisotopic (exact) mass is 349 g/mol. The largest absolute Gasteiger partial charge is 0.476 e. The van der Waals surface area contributed by atoms with Gasteiger partial charge in [-0.3, -0.25) is 4.79 Å². The Bertz CT molecular complexity index is 622. The van der Waals surface area contributed by atoms with Gasteiger partial charge in [-0.25, -0.2) is 22.5 Å². The summed E-state index contributed by atoms with van der Waals surface area (Å²) in [6.45, 7) is 4.27. The molecule has 0 saturated carbocycles. The predicted octanol–water partition coefficient (Wildman–Crippen LogP) is 0.172. The second-order valence-corrected chi connectivity index (χ2v) is 7.28. The smallest absolute Gasteiger partial charge is 0.355 e. The van der Waals surface area contributed by atoms with E-state index in [4.69, 9.17) is 5.11 Å². The molecule has 10 heteroatoms. The van der Waals surface area contributed by atoms with E-state index < -0.39 is 27.7 Å². The van der Waals surface area contributed by atoms with Crippen molar-refractivity contribution in [2.75, 3.05) is 25.4 Å². The molecule has 2 N–H and O–H groups in total. The van der Waals surface area contributed by atoms with E-state index in [1.165, 1.54) is 21.0 Å². The highest BCUT2D eigenvalue weighted by molar-refractivity contribution is 7.89. The fourth-order valence-electron chi connectivity index (χ4n) is 1.76. The Hall–Kier alpha value is -1.52. The van der Waals surface area contributed by atoms with Gasteiger partial charge >= 0.3 is 5.97 Å². The third-order valence-electron chi connectivity index (χ3n) is 2.84. The summed E-state index contributed by atoms with van der Waals surface area (Å²) in [6.07, 6.45) is 0.356. The molecule has 124 valence electrons. The van der Waals surface area contributed by atoms with Gasteiger partial charge in [-0.1, -0.05) is 13.8 Å². The van der Waals surface area contributed by atoms with Crippen LogP contribution in [0.1, 0.15) is 29.3 Å². The first kappa shape index (κ1) is 18.5. The fourth-order valence-corrected chi connectivity index (χ4v) is 3.93. The average molecular weight is 349 g/mol. The summed E-state index contributed by atoms with van der Waals surface area (Å²) in [5.41, 5.74) is -0.0320. The molecular weight excluding hydrogens is 330 g/mol. The van der Waals surface area contributed by atoms with Crippen LogP contribution < -0.4 is 5.32 Å². The molecule has 0 bridgehead atoms. The highest BCUT2D eigenvalue weighted by Crippen LogP contribution is 2.09. The van der Waals surface area contributed by atoms with Gasteiger partial charge in [-0.15, -0.1) is 11.3 Å². The number of carbonyl (C=O) groups excluding carboxylic acids is 1. The Balaban J connectivity index is 2.44. The Kier molecular flexibility index (Phi) is 6.91. The summed E-state index contributed by atoms with van der Waals surface area (Å²) >= 11 is 1.19. The van der Waals surface area contributed by atoms with Crippen LogP contribution in [0.5, 0.6) is 0 Å². The zero-order valence-electron chi connectivity index (χ0n) is 12.4. The second kappa shape index (κ2) is 8.20. The van der Waals surface area contributed by atoms with Crippen molar-refractivity contribution in [3.8, 4) is 0 Å². The van der Waals surface area contributed by atoms with E-state index in [0.717, 1.165) is 0 Å². The van der Waals surface area contributed by atoms with Crippen molar-refractivity contribution in [3.63, 3.8) is 0 Å². The van der Waals surface area contributed by atoms with Crippen LogP contribution in [0.25, 0.3) is 0 Å². The van der Waals surface area contributed by atoms with Crippen LogP contribution in [0.4, 0.5) is 0 Å². The van der Waals surface area contributed by atoms with Crippen LogP contribution in [0.15, 0.2) is 5.38 Å². The third-order valence-corrected chi connectivity index (χ3v) is 5.68. The quantitative estimate of drug-likeness (QED) is 0.656. The summed E-state index contributed by atoms with van der Waals surface area (Å²) in [7, 11) is -3.59. The molecule has 1 amide bonds. The summed E-state index contributed by atoms with van der Waals surface area (Å²) in [6, 6.07) is 0. The topological polar surface area (TPSA) is 117 Å². The second-order valence-electron chi connectivity index (χ2n) is 4.37. The van der Waals surface area contributed by atoms with Crippen LogP contribution in [0.3, 0.4) is 0 Å². The molecule has 1 aromatic heterocycles. The molecule has 0 saturated heterocycles. The van der Waals surface area contributed by atoms with E-state index in [1.807, 2.05) is 0 Å². The Morgan fingerprint density at radius 2 is 2.00 bits per heavy atom. The minimum Gasteiger partial charge on any atom is -0.476 e. The normalized spacial score (nSPS) is 11.6. The van der Waals surface area contributed by atoms with Crippen LogP contribution in [-0.2, 0) is 21.2 Å². The first-order valence-electron chi connectivity index (χ1n) is 6.72. The van der Waals surface area contributed by atoms with Gasteiger partial charge in [0.25, 0.3) is 0 Å². The number of carboxylic acids is 1. The molecule has 8 nitrogen and oxygen atoms in total. The molecule has 0 fully saturated rings. The van der Waals surface area contributed by atoms with E-state index in [2.05, 4.69) is 10.3 Å². The number of aromatic nitrogens is 1. The van der Waals surface area contributed by atoms with Gasteiger partial charge in [-0.05, 0) is 0 Å². The summed E-state index contributed by atoms with van der Waals surface area (Å²) in [5.74, 6) is -2.27. The predicted molar refractivity (Wildman–Crippen MR) is 82.5 cm³/mol. The SMILES string of the molecule is CCN(CC)S(=O)(=O)CC(=O)NCCc1nc(C(=O)O)cs1. The van der Waals surface area contributed by atoms with Gasteiger partial charge < -0.3 is 10.4 Å². The number of sulfonamides is 1. The number of carboxylic acid groups (broad SMARTS) is 1. The summed E-state index contributed by atoms with van der Waals surface area (Å²) < 4.78 is 25.0. The van der Waals surface area contributed by atoms with E-state index >= 15 is 0 Å². The number of hydrogen-bond donors (Lipinski definition) is 2. The van der Waals surface area contributed by atoms with Crippen LogP contribution in [0.2, 0.25) is 0 Å². The zero-order valence-corrected chi connectivity index (χ0v) is 14.0. The van der Waals surface area contributed by atoms with Gasteiger partial charge in [0.05, 0.1) is 5.01 Å². The molecule has 0 atom stereocenters. The number of carbonyl (C=O) groups is 2. The third kappa shape index (κ3) is 5.35. The lowest BCUT2D eigenvalue weighted by Crippen LogP contribution is -2.39. The molecule has 0 spiro atoms. The fraction of sp³-hybridized carbons (Fsp3) is 0.583. The van der Waals surface area contributed by atoms with Crippen molar-refractivity contribution >= 4 is 33.2 Å².